The highest BCUT2D eigenvalue weighted by Crippen LogP contribution is 2.18. The molecule has 1 aliphatic heterocycles. The highest BCUT2D eigenvalue weighted by atomic mass is 16.5. The van der Waals surface area contributed by atoms with E-state index in [0.29, 0.717) is 18.3 Å². The first-order valence-electron chi connectivity index (χ1n) is 8.67. The fourth-order valence-corrected chi connectivity index (χ4v) is 2.80. The molecule has 1 aromatic carbocycles. The molecule has 2 heterocycles. The summed E-state index contributed by atoms with van der Waals surface area (Å²) in [6.07, 6.45) is 1.83. The van der Waals surface area contributed by atoms with Crippen LogP contribution in [0.5, 0.6) is 0 Å². The molecule has 0 radical (unpaired) electrons. The van der Waals surface area contributed by atoms with Crippen LogP contribution in [0.2, 0.25) is 0 Å². The smallest absolute Gasteiger partial charge is 0.317 e. The predicted octanol–water partition coefficient (Wildman–Crippen LogP) is 2.84. The van der Waals surface area contributed by atoms with Gasteiger partial charge in [-0.05, 0) is 26.7 Å². The van der Waals surface area contributed by atoms with Crippen LogP contribution in [0, 0.1) is 0 Å². The quantitative estimate of drug-likeness (QED) is 0.902. The topological polar surface area (TPSA) is 80.5 Å². The predicted molar refractivity (Wildman–Crippen MR) is 92.8 cm³/mol. The Kier molecular flexibility index (Phi) is 5.65. The maximum Gasteiger partial charge on any atom is 0.317 e. The molecule has 25 heavy (non-hydrogen) atoms. The molecule has 7 heteroatoms. The number of ether oxygens (including phenoxy) is 1. The van der Waals surface area contributed by atoms with E-state index in [1.54, 1.807) is 4.90 Å². The van der Waals surface area contributed by atoms with Crippen molar-refractivity contribution in [3.8, 4) is 11.4 Å². The summed E-state index contributed by atoms with van der Waals surface area (Å²) in [5.41, 5.74) is 0.909. The van der Waals surface area contributed by atoms with Crippen molar-refractivity contribution >= 4 is 6.03 Å². The molecule has 2 aromatic rings. The average Bonchev–Trinajstić information content (AvgIpc) is 3.09. The second-order valence-electron chi connectivity index (χ2n) is 6.50. The van der Waals surface area contributed by atoms with Crippen LogP contribution in [0.4, 0.5) is 4.79 Å². The van der Waals surface area contributed by atoms with Crippen LogP contribution in [-0.2, 0) is 11.3 Å². The Morgan fingerprint density at radius 3 is 2.96 bits per heavy atom. The zero-order valence-corrected chi connectivity index (χ0v) is 14.6. The lowest BCUT2D eigenvalue weighted by molar-refractivity contribution is -0.0105. The van der Waals surface area contributed by atoms with Crippen LogP contribution in [0.25, 0.3) is 11.4 Å². The number of aromatic nitrogens is 2. The number of piperidine rings is 1. The van der Waals surface area contributed by atoms with Gasteiger partial charge in [-0.25, -0.2) is 4.79 Å². The lowest BCUT2D eigenvalue weighted by Gasteiger charge is -2.32. The maximum atomic E-state index is 12.1. The van der Waals surface area contributed by atoms with Gasteiger partial charge in [-0.1, -0.05) is 35.5 Å². The minimum Gasteiger partial charge on any atom is -0.367 e. The van der Waals surface area contributed by atoms with E-state index >= 15 is 0 Å². The first kappa shape index (κ1) is 17.4. The first-order chi connectivity index (χ1) is 12.1. The molecule has 7 nitrogen and oxygen atoms in total. The number of urea groups is 1. The zero-order chi connectivity index (χ0) is 17.6. The molecule has 1 atom stereocenters. The van der Waals surface area contributed by atoms with Crippen LogP contribution in [0.15, 0.2) is 34.9 Å². The minimum absolute atomic E-state index is 0.0151. The van der Waals surface area contributed by atoms with Gasteiger partial charge >= 0.3 is 6.03 Å². The summed E-state index contributed by atoms with van der Waals surface area (Å²) in [4.78, 5) is 18.3. The van der Waals surface area contributed by atoms with Crippen molar-refractivity contribution < 1.29 is 14.1 Å². The van der Waals surface area contributed by atoms with Crippen LogP contribution >= 0.6 is 0 Å². The number of hydrogen-bond donors (Lipinski definition) is 1. The fourth-order valence-electron chi connectivity index (χ4n) is 2.80. The Bertz CT molecular complexity index is 687. The number of likely N-dealkylation sites (tertiary alicyclic amines) is 1. The molecule has 0 aliphatic carbocycles. The Hall–Kier alpha value is -2.41. The van der Waals surface area contributed by atoms with E-state index in [-0.39, 0.29) is 24.8 Å². The van der Waals surface area contributed by atoms with Gasteiger partial charge in [0.05, 0.1) is 6.10 Å². The number of benzene rings is 1. The first-order valence-corrected chi connectivity index (χ1v) is 8.67. The fraction of sp³-hybridized carbons (Fsp3) is 0.500. The Morgan fingerprint density at radius 1 is 1.40 bits per heavy atom. The van der Waals surface area contributed by atoms with E-state index in [1.165, 1.54) is 0 Å². The third-order valence-corrected chi connectivity index (χ3v) is 4.02. The van der Waals surface area contributed by atoms with Crippen LogP contribution in [0.1, 0.15) is 32.6 Å². The summed E-state index contributed by atoms with van der Waals surface area (Å²) in [5, 5.41) is 6.90. The highest BCUT2D eigenvalue weighted by Gasteiger charge is 2.25. The lowest BCUT2D eigenvalue weighted by Crippen LogP contribution is -2.49. The van der Waals surface area contributed by atoms with E-state index in [9.17, 15) is 4.79 Å². The van der Waals surface area contributed by atoms with E-state index in [4.69, 9.17) is 9.26 Å². The van der Waals surface area contributed by atoms with Crippen molar-refractivity contribution in [2.45, 2.75) is 45.4 Å². The molecule has 1 aromatic heterocycles. The summed E-state index contributed by atoms with van der Waals surface area (Å²) in [6.45, 7) is 5.50. The second-order valence-corrected chi connectivity index (χ2v) is 6.50. The summed E-state index contributed by atoms with van der Waals surface area (Å²) >= 11 is 0. The monoisotopic (exact) mass is 344 g/mol. The van der Waals surface area contributed by atoms with Gasteiger partial charge in [0, 0.05) is 24.7 Å². The lowest BCUT2D eigenvalue weighted by atomic mass is 10.1. The minimum atomic E-state index is -0.0348. The Morgan fingerprint density at radius 2 is 2.20 bits per heavy atom. The molecule has 1 N–H and O–H groups in total. The zero-order valence-electron chi connectivity index (χ0n) is 14.6. The van der Waals surface area contributed by atoms with Gasteiger partial charge < -0.3 is 19.5 Å². The van der Waals surface area contributed by atoms with Crippen molar-refractivity contribution in [2.75, 3.05) is 13.1 Å². The van der Waals surface area contributed by atoms with E-state index in [1.807, 2.05) is 44.2 Å². The van der Waals surface area contributed by atoms with Crippen LogP contribution in [-0.4, -0.2) is 46.3 Å². The van der Waals surface area contributed by atoms with Gasteiger partial charge in [0.2, 0.25) is 5.82 Å². The SMILES string of the molecule is CC(C)NC(=O)N1CCC[C@H](OCc2nc(-c3ccccc3)no2)C1. The number of amides is 2. The number of nitrogens with zero attached hydrogens (tertiary/aromatic N) is 3. The molecular formula is C18H24N4O3. The molecule has 3 rings (SSSR count). The molecule has 1 saturated heterocycles. The highest BCUT2D eigenvalue weighted by molar-refractivity contribution is 5.74. The van der Waals surface area contributed by atoms with Gasteiger partial charge in [-0.15, -0.1) is 0 Å². The molecule has 0 saturated carbocycles. The largest absolute Gasteiger partial charge is 0.367 e. The molecular weight excluding hydrogens is 320 g/mol. The standard InChI is InChI=1S/C18H24N4O3/c1-13(2)19-18(23)22-10-6-9-15(11-22)24-12-16-20-17(21-25-16)14-7-4-3-5-8-14/h3-5,7-8,13,15H,6,9-12H2,1-2H3,(H,19,23)/t15-/m0/s1. The normalized spacial score (nSPS) is 17.7. The molecule has 2 amide bonds. The molecule has 1 aliphatic rings. The maximum absolute atomic E-state index is 12.1. The van der Waals surface area contributed by atoms with Crippen molar-refractivity contribution in [1.82, 2.24) is 20.4 Å². The Labute approximate surface area is 147 Å². The summed E-state index contributed by atoms with van der Waals surface area (Å²) in [5.74, 6) is 1.00. The average molecular weight is 344 g/mol. The van der Waals surface area contributed by atoms with E-state index < -0.39 is 0 Å². The van der Waals surface area contributed by atoms with Gasteiger partial charge in [0.25, 0.3) is 5.89 Å². The molecule has 1 fully saturated rings. The number of nitrogens with one attached hydrogen (secondary N) is 1. The van der Waals surface area contributed by atoms with Crippen molar-refractivity contribution in [2.24, 2.45) is 0 Å². The van der Waals surface area contributed by atoms with Gasteiger partial charge in [-0.2, -0.15) is 4.98 Å². The summed E-state index contributed by atoms with van der Waals surface area (Å²) in [6, 6.07) is 9.76. The summed E-state index contributed by atoms with van der Waals surface area (Å²) < 4.78 is 11.1. The van der Waals surface area contributed by atoms with Crippen LogP contribution in [0.3, 0.4) is 0 Å². The van der Waals surface area contributed by atoms with E-state index in [2.05, 4.69) is 15.5 Å². The van der Waals surface area contributed by atoms with Crippen LogP contribution < -0.4 is 5.32 Å². The van der Waals surface area contributed by atoms with Gasteiger partial charge in [0.15, 0.2) is 0 Å². The number of rotatable bonds is 5. The second kappa shape index (κ2) is 8.11. The Balaban J connectivity index is 1.52. The van der Waals surface area contributed by atoms with Crippen molar-refractivity contribution in [3.05, 3.63) is 36.2 Å². The molecule has 0 bridgehead atoms. The number of carbonyl (C=O) groups excluding carboxylic acids is 1. The molecule has 134 valence electrons. The summed E-state index contributed by atoms with van der Waals surface area (Å²) in [7, 11) is 0. The third-order valence-electron chi connectivity index (χ3n) is 4.02. The van der Waals surface area contributed by atoms with Crippen molar-refractivity contribution in [1.29, 1.82) is 0 Å². The van der Waals surface area contributed by atoms with Gasteiger partial charge in [-0.3, -0.25) is 0 Å². The molecule has 0 unspecified atom stereocenters. The number of carbonyl (C=O) groups is 1. The molecule has 0 spiro atoms. The van der Waals surface area contributed by atoms with E-state index in [0.717, 1.165) is 24.9 Å². The van der Waals surface area contributed by atoms with Gasteiger partial charge in [0.1, 0.15) is 6.61 Å². The number of hydrogen-bond acceptors (Lipinski definition) is 5. The van der Waals surface area contributed by atoms with Crippen molar-refractivity contribution in [3.63, 3.8) is 0 Å². The third kappa shape index (κ3) is 4.79.